The third kappa shape index (κ3) is 4.13. The first-order valence-electron chi connectivity index (χ1n) is 7.25. The van der Waals surface area contributed by atoms with Crippen LogP contribution < -0.4 is 10.1 Å². The first kappa shape index (κ1) is 14.2. The van der Waals surface area contributed by atoms with Gasteiger partial charge in [-0.15, -0.1) is 0 Å². The molecule has 19 heavy (non-hydrogen) atoms. The molecule has 1 fully saturated rings. The number of phenols is 1. The predicted molar refractivity (Wildman–Crippen MR) is 77.5 cm³/mol. The van der Waals surface area contributed by atoms with Gasteiger partial charge in [0, 0.05) is 18.2 Å². The van der Waals surface area contributed by atoms with Crippen molar-refractivity contribution in [3.63, 3.8) is 0 Å². The van der Waals surface area contributed by atoms with Crippen LogP contribution in [0.1, 0.15) is 38.2 Å². The number of methoxy groups -OCH3 is 1. The molecular weight excluding hydrogens is 238 g/mol. The van der Waals surface area contributed by atoms with Gasteiger partial charge in [-0.3, -0.25) is 0 Å². The molecule has 106 valence electrons. The van der Waals surface area contributed by atoms with Gasteiger partial charge in [-0.05, 0) is 37.3 Å². The molecule has 1 aliphatic rings. The largest absolute Gasteiger partial charge is 0.507 e. The number of benzene rings is 1. The molecule has 3 nitrogen and oxygen atoms in total. The van der Waals surface area contributed by atoms with Crippen molar-refractivity contribution in [3.8, 4) is 11.5 Å². The highest BCUT2D eigenvalue weighted by molar-refractivity contribution is 5.39. The van der Waals surface area contributed by atoms with Crippen LogP contribution >= 0.6 is 0 Å². The summed E-state index contributed by atoms with van der Waals surface area (Å²) in [6.45, 7) is 4.12. The van der Waals surface area contributed by atoms with Gasteiger partial charge in [0.25, 0.3) is 0 Å². The number of phenolic OH excluding ortho intramolecular Hbond substituents is 1. The lowest BCUT2D eigenvalue weighted by molar-refractivity contribution is 0.281. The normalized spacial score (nSPS) is 23.3. The van der Waals surface area contributed by atoms with Crippen LogP contribution in [-0.2, 0) is 6.54 Å². The van der Waals surface area contributed by atoms with Crippen molar-refractivity contribution in [3.05, 3.63) is 23.8 Å². The quantitative estimate of drug-likeness (QED) is 0.856. The van der Waals surface area contributed by atoms with Crippen molar-refractivity contribution in [2.45, 2.75) is 39.2 Å². The molecule has 0 unspecified atom stereocenters. The Balaban J connectivity index is 1.76. The Hall–Kier alpha value is -1.22. The topological polar surface area (TPSA) is 41.5 Å². The molecule has 0 amide bonds. The van der Waals surface area contributed by atoms with Crippen LogP contribution in [0, 0.1) is 11.8 Å². The second kappa shape index (κ2) is 6.80. The first-order valence-corrected chi connectivity index (χ1v) is 7.25. The molecule has 0 aliphatic heterocycles. The van der Waals surface area contributed by atoms with E-state index in [1.54, 1.807) is 13.2 Å². The van der Waals surface area contributed by atoms with Crippen molar-refractivity contribution in [1.29, 1.82) is 0 Å². The number of rotatable bonds is 5. The Labute approximate surface area is 116 Å². The molecule has 0 atom stereocenters. The summed E-state index contributed by atoms with van der Waals surface area (Å²) in [4.78, 5) is 0. The molecule has 3 heteroatoms. The van der Waals surface area contributed by atoms with Crippen LogP contribution in [0.25, 0.3) is 0 Å². The second-order valence-electron chi connectivity index (χ2n) is 5.75. The average Bonchev–Trinajstić information content (AvgIpc) is 2.42. The zero-order chi connectivity index (χ0) is 13.7. The molecule has 0 aromatic heterocycles. The smallest absolute Gasteiger partial charge is 0.123 e. The van der Waals surface area contributed by atoms with Crippen LogP contribution in [0.2, 0.25) is 0 Å². The molecule has 0 heterocycles. The van der Waals surface area contributed by atoms with E-state index in [1.165, 1.54) is 25.7 Å². The van der Waals surface area contributed by atoms with E-state index in [2.05, 4.69) is 12.2 Å². The van der Waals surface area contributed by atoms with Gasteiger partial charge in [0.2, 0.25) is 0 Å². The summed E-state index contributed by atoms with van der Waals surface area (Å²) in [6.07, 6.45) is 5.39. The molecule has 1 saturated carbocycles. The summed E-state index contributed by atoms with van der Waals surface area (Å²) < 4.78 is 5.08. The summed E-state index contributed by atoms with van der Waals surface area (Å²) in [5, 5.41) is 13.3. The van der Waals surface area contributed by atoms with Gasteiger partial charge in [0.05, 0.1) is 7.11 Å². The minimum Gasteiger partial charge on any atom is -0.507 e. The van der Waals surface area contributed by atoms with E-state index in [1.807, 2.05) is 12.1 Å². The maximum Gasteiger partial charge on any atom is 0.123 e. The van der Waals surface area contributed by atoms with Crippen LogP contribution in [0.15, 0.2) is 18.2 Å². The molecule has 1 aromatic rings. The number of hydrogen-bond acceptors (Lipinski definition) is 3. The lowest BCUT2D eigenvalue weighted by atomic mass is 9.83. The highest BCUT2D eigenvalue weighted by atomic mass is 16.5. The third-order valence-electron chi connectivity index (χ3n) is 4.18. The van der Waals surface area contributed by atoms with Gasteiger partial charge < -0.3 is 15.2 Å². The van der Waals surface area contributed by atoms with Crippen molar-refractivity contribution in [1.82, 2.24) is 5.32 Å². The average molecular weight is 263 g/mol. The Morgan fingerprint density at radius 1 is 1.26 bits per heavy atom. The Morgan fingerprint density at radius 3 is 2.63 bits per heavy atom. The molecule has 2 rings (SSSR count). The molecular formula is C16H25NO2. The maximum absolute atomic E-state index is 9.87. The van der Waals surface area contributed by atoms with E-state index < -0.39 is 0 Å². The zero-order valence-electron chi connectivity index (χ0n) is 12.0. The minimum absolute atomic E-state index is 0.309. The van der Waals surface area contributed by atoms with Gasteiger partial charge >= 0.3 is 0 Å². The van der Waals surface area contributed by atoms with Crippen LogP contribution in [-0.4, -0.2) is 18.8 Å². The predicted octanol–water partition coefficient (Wildman–Crippen LogP) is 3.32. The van der Waals surface area contributed by atoms with Gasteiger partial charge in [0.1, 0.15) is 11.5 Å². The Morgan fingerprint density at radius 2 is 2.00 bits per heavy atom. The van der Waals surface area contributed by atoms with Gasteiger partial charge in [-0.1, -0.05) is 25.8 Å². The van der Waals surface area contributed by atoms with Crippen molar-refractivity contribution in [2.75, 3.05) is 13.7 Å². The van der Waals surface area contributed by atoms with E-state index in [0.29, 0.717) is 11.5 Å². The number of aromatic hydroxyl groups is 1. The first-order chi connectivity index (χ1) is 9.19. The number of ether oxygens (including phenoxy) is 1. The van der Waals surface area contributed by atoms with E-state index in [0.717, 1.165) is 30.5 Å². The van der Waals surface area contributed by atoms with E-state index in [4.69, 9.17) is 4.74 Å². The standard InChI is InChI=1S/C16H25NO2/c1-12-3-5-13(6-4-12)10-17-11-14-7-8-15(19-2)9-16(14)18/h7-9,12-13,17-18H,3-6,10-11H2,1-2H3. The summed E-state index contributed by atoms with van der Waals surface area (Å²) in [6, 6.07) is 5.47. The lowest BCUT2D eigenvalue weighted by Crippen LogP contribution is -2.25. The summed E-state index contributed by atoms with van der Waals surface area (Å²) in [7, 11) is 1.61. The molecule has 2 N–H and O–H groups in total. The van der Waals surface area contributed by atoms with Gasteiger partial charge in [-0.25, -0.2) is 0 Å². The van der Waals surface area contributed by atoms with Crippen molar-refractivity contribution >= 4 is 0 Å². The number of hydrogen-bond donors (Lipinski definition) is 2. The van der Waals surface area contributed by atoms with Gasteiger partial charge in [0.15, 0.2) is 0 Å². The van der Waals surface area contributed by atoms with E-state index >= 15 is 0 Å². The van der Waals surface area contributed by atoms with Crippen LogP contribution in [0.5, 0.6) is 11.5 Å². The van der Waals surface area contributed by atoms with Crippen molar-refractivity contribution < 1.29 is 9.84 Å². The minimum atomic E-state index is 0.309. The summed E-state index contributed by atoms with van der Waals surface area (Å²) >= 11 is 0. The molecule has 0 bridgehead atoms. The highest BCUT2D eigenvalue weighted by Crippen LogP contribution is 2.28. The monoisotopic (exact) mass is 263 g/mol. The highest BCUT2D eigenvalue weighted by Gasteiger charge is 2.17. The molecule has 1 aromatic carbocycles. The lowest BCUT2D eigenvalue weighted by Gasteiger charge is -2.26. The third-order valence-corrected chi connectivity index (χ3v) is 4.18. The fourth-order valence-corrected chi connectivity index (χ4v) is 2.76. The molecule has 0 spiro atoms. The summed E-state index contributed by atoms with van der Waals surface area (Å²) in [5.74, 6) is 2.71. The number of nitrogens with one attached hydrogen (secondary N) is 1. The molecule has 1 aliphatic carbocycles. The van der Waals surface area contributed by atoms with Crippen LogP contribution in [0.3, 0.4) is 0 Å². The maximum atomic E-state index is 9.87. The Bertz CT molecular complexity index is 398. The van der Waals surface area contributed by atoms with Crippen molar-refractivity contribution in [2.24, 2.45) is 11.8 Å². The Kier molecular flexibility index (Phi) is 5.08. The molecule has 0 saturated heterocycles. The fraction of sp³-hybridized carbons (Fsp3) is 0.625. The van der Waals surface area contributed by atoms with E-state index in [9.17, 15) is 5.11 Å². The second-order valence-corrected chi connectivity index (χ2v) is 5.75. The van der Waals surface area contributed by atoms with Crippen LogP contribution in [0.4, 0.5) is 0 Å². The SMILES string of the molecule is COc1ccc(CNCC2CCC(C)CC2)c(O)c1. The van der Waals surface area contributed by atoms with Gasteiger partial charge in [-0.2, -0.15) is 0 Å². The summed E-state index contributed by atoms with van der Waals surface area (Å²) in [5.41, 5.74) is 0.935. The van der Waals surface area contributed by atoms with E-state index in [-0.39, 0.29) is 0 Å². The fourth-order valence-electron chi connectivity index (χ4n) is 2.76. The molecule has 0 radical (unpaired) electrons. The zero-order valence-corrected chi connectivity index (χ0v) is 12.0.